The van der Waals surface area contributed by atoms with Gasteiger partial charge in [0.15, 0.2) is 11.6 Å². The van der Waals surface area contributed by atoms with Crippen molar-refractivity contribution in [1.82, 2.24) is 15.0 Å². The molecule has 0 spiro atoms. The lowest BCUT2D eigenvalue weighted by Crippen LogP contribution is -2.02. The Morgan fingerprint density at radius 2 is 1.12 bits per heavy atom. The van der Waals surface area contributed by atoms with Gasteiger partial charge in [0.25, 0.3) is 0 Å². The van der Waals surface area contributed by atoms with Crippen LogP contribution in [0.1, 0.15) is 0 Å². The largest absolute Gasteiger partial charge is 0.399 e. The molecule has 5 nitrogen and oxygen atoms in total. The van der Waals surface area contributed by atoms with Gasteiger partial charge in [-0.3, -0.25) is 0 Å². The van der Waals surface area contributed by atoms with Crippen molar-refractivity contribution in [2.45, 2.75) is 0 Å². The molecule has 0 atom stereocenters. The number of anilines is 2. The molecule has 0 saturated carbocycles. The average Bonchev–Trinajstić information content (AvgIpc) is 2.69. The fourth-order valence-corrected chi connectivity index (χ4v) is 2.75. The van der Waals surface area contributed by atoms with Crippen LogP contribution >= 0.6 is 0 Å². The first kappa shape index (κ1) is 15.8. The number of aromatic nitrogens is 3. The highest BCUT2D eigenvalue weighted by Crippen LogP contribution is 2.26. The minimum atomic E-state index is 0.201. The Morgan fingerprint density at radius 3 is 1.85 bits per heavy atom. The molecule has 0 unspecified atom stereocenters. The normalized spacial score (nSPS) is 10.6. The van der Waals surface area contributed by atoms with Crippen LogP contribution < -0.4 is 11.5 Å². The van der Waals surface area contributed by atoms with Crippen LogP contribution in [0.3, 0.4) is 0 Å². The van der Waals surface area contributed by atoms with Crippen molar-refractivity contribution in [2.24, 2.45) is 0 Å². The lowest BCUT2D eigenvalue weighted by atomic mass is 10.0. The van der Waals surface area contributed by atoms with Crippen molar-refractivity contribution >= 4 is 11.6 Å². The van der Waals surface area contributed by atoms with Crippen molar-refractivity contribution in [3.05, 3.63) is 78.9 Å². The summed E-state index contributed by atoms with van der Waals surface area (Å²) in [5.74, 6) is 1.31. The van der Waals surface area contributed by atoms with Gasteiger partial charge < -0.3 is 11.5 Å². The Labute approximate surface area is 151 Å². The number of benzene rings is 3. The highest BCUT2D eigenvalue weighted by atomic mass is 15.1. The molecule has 126 valence electrons. The number of hydrogen-bond donors (Lipinski definition) is 2. The molecule has 5 heteroatoms. The van der Waals surface area contributed by atoms with E-state index in [4.69, 9.17) is 11.5 Å². The van der Waals surface area contributed by atoms with Crippen LogP contribution in [0, 0.1) is 0 Å². The monoisotopic (exact) mass is 339 g/mol. The third-order valence-corrected chi connectivity index (χ3v) is 4.05. The Morgan fingerprint density at radius 1 is 0.500 bits per heavy atom. The molecule has 1 heterocycles. The van der Waals surface area contributed by atoms with Crippen LogP contribution in [0.2, 0.25) is 0 Å². The summed E-state index contributed by atoms with van der Waals surface area (Å²) >= 11 is 0. The Bertz CT molecular complexity index is 1040. The van der Waals surface area contributed by atoms with Crippen LogP contribution in [-0.4, -0.2) is 15.0 Å². The van der Waals surface area contributed by atoms with E-state index < -0.39 is 0 Å². The molecule has 0 radical (unpaired) electrons. The fourth-order valence-electron chi connectivity index (χ4n) is 2.75. The molecule has 0 bridgehead atoms. The molecule has 0 aliphatic carbocycles. The Hall–Kier alpha value is -3.73. The Balaban J connectivity index is 1.77. The van der Waals surface area contributed by atoms with E-state index in [0.717, 1.165) is 27.9 Å². The van der Waals surface area contributed by atoms with Crippen LogP contribution in [0.5, 0.6) is 0 Å². The molecule has 0 amide bonds. The van der Waals surface area contributed by atoms with Crippen molar-refractivity contribution in [2.75, 3.05) is 11.5 Å². The SMILES string of the molecule is Nc1ccc(-c2cccc(-c3nc(N)nc(-c4ccccc4)n3)c2)cc1. The minimum absolute atomic E-state index is 0.201. The van der Waals surface area contributed by atoms with Gasteiger partial charge in [0.05, 0.1) is 0 Å². The number of nitrogens with two attached hydrogens (primary N) is 2. The maximum absolute atomic E-state index is 5.92. The van der Waals surface area contributed by atoms with E-state index in [1.165, 1.54) is 0 Å². The lowest BCUT2D eigenvalue weighted by molar-refractivity contribution is 1.08. The van der Waals surface area contributed by atoms with Gasteiger partial charge in [-0.15, -0.1) is 0 Å². The summed E-state index contributed by atoms with van der Waals surface area (Å²) in [6.45, 7) is 0. The summed E-state index contributed by atoms with van der Waals surface area (Å²) in [6, 6.07) is 25.5. The van der Waals surface area contributed by atoms with Crippen LogP contribution in [-0.2, 0) is 0 Å². The third kappa shape index (κ3) is 3.23. The third-order valence-electron chi connectivity index (χ3n) is 4.05. The molecule has 0 aliphatic rings. The number of hydrogen-bond acceptors (Lipinski definition) is 5. The summed E-state index contributed by atoms with van der Waals surface area (Å²) in [5.41, 5.74) is 16.3. The van der Waals surface area contributed by atoms with E-state index in [1.54, 1.807) is 0 Å². The summed E-state index contributed by atoms with van der Waals surface area (Å²) < 4.78 is 0. The van der Waals surface area contributed by atoms with E-state index in [0.29, 0.717) is 11.6 Å². The van der Waals surface area contributed by atoms with Gasteiger partial charge in [0, 0.05) is 16.8 Å². The molecule has 0 saturated heterocycles. The zero-order valence-corrected chi connectivity index (χ0v) is 14.0. The number of nitrogen functional groups attached to an aromatic ring is 2. The predicted molar refractivity (Wildman–Crippen MR) is 105 cm³/mol. The average molecular weight is 339 g/mol. The molecular formula is C21H17N5. The second kappa shape index (κ2) is 6.64. The highest BCUT2D eigenvalue weighted by molar-refractivity contribution is 5.72. The van der Waals surface area contributed by atoms with Crippen molar-refractivity contribution in [3.8, 4) is 33.9 Å². The number of rotatable bonds is 3. The fraction of sp³-hybridized carbons (Fsp3) is 0. The summed E-state index contributed by atoms with van der Waals surface area (Å²) in [4.78, 5) is 13.2. The molecule has 4 aromatic rings. The van der Waals surface area contributed by atoms with Gasteiger partial charge in [-0.05, 0) is 29.3 Å². The Kier molecular flexibility index (Phi) is 4.03. The van der Waals surface area contributed by atoms with Crippen LogP contribution in [0.25, 0.3) is 33.9 Å². The second-order valence-corrected chi connectivity index (χ2v) is 5.91. The van der Waals surface area contributed by atoms with Crippen LogP contribution in [0.4, 0.5) is 11.6 Å². The highest BCUT2D eigenvalue weighted by Gasteiger charge is 2.09. The molecule has 3 aromatic carbocycles. The quantitative estimate of drug-likeness (QED) is 0.550. The van der Waals surface area contributed by atoms with Gasteiger partial charge >= 0.3 is 0 Å². The van der Waals surface area contributed by atoms with Gasteiger partial charge in [-0.1, -0.05) is 60.7 Å². The molecular weight excluding hydrogens is 322 g/mol. The molecule has 4 rings (SSSR count). The van der Waals surface area contributed by atoms with E-state index in [9.17, 15) is 0 Å². The summed E-state index contributed by atoms with van der Waals surface area (Å²) in [5, 5.41) is 0. The first-order valence-electron chi connectivity index (χ1n) is 8.22. The first-order valence-corrected chi connectivity index (χ1v) is 8.22. The van der Waals surface area contributed by atoms with Crippen molar-refractivity contribution < 1.29 is 0 Å². The number of nitrogens with zero attached hydrogens (tertiary/aromatic N) is 3. The molecule has 4 N–H and O–H groups in total. The van der Waals surface area contributed by atoms with E-state index in [-0.39, 0.29) is 5.95 Å². The van der Waals surface area contributed by atoms with Crippen molar-refractivity contribution in [3.63, 3.8) is 0 Å². The molecule has 0 fully saturated rings. The van der Waals surface area contributed by atoms with E-state index in [2.05, 4.69) is 15.0 Å². The minimum Gasteiger partial charge on any atom is -0.399 e. The van der Waals surface area contributed by atoms with E-state index >= 15 is 0 Å². The van der Waals surface area contributed by atoms with Gasteiger partial charge in [-0.25, -0.2) is 4.98 Å². The predicted octanol–water partition coefficient (Wildman–Crippen LogP) is 4.04. The molecule has 26 heavy (non-hydrogen) atoms. The van der Waals surface area contributed by atoms with Gasteiger partial charge in [0.2, 0.25) is 5.95 Å². The van der Waals surface area contributed by atoms with Gasteiger partial charge in [-0.2, -0.15) is 9.97 Å². The molecule has 1 aromatic heterocycles. The zero-order valence-electron chi connectivity index (χ0n) is 14.0. The van der Waals surface area contributed by atoms with Gasteiger partial charge in [0.1, 0.15) is 0 Å². The first-order chi connectivity index (χ1) is 12.7. The second-order valence-electron chi connectivity index (χ2n) is 5.91. The maximum atomic E-state index is 5.92. The summed E-state index contributed by atoms with van der Waals surface area (Å²) in [7, 11) is 0. The smallest absolute Gasteiger partial charge is 0.224 e. The molecule has 0 aliphatic heterocycles. The standard InChI is InChI=1S/C21H17N5/c22-18-11-9-14(10-12-18)16-7-4-8-17(13-16)20-24-19(25-21(23)26-20)15-5-2-1-3-6-15/h1-13H,22H2,(H2,23,24,25,26). The van der Waals surface area contributed by atoms with Crippen molar-refractivity contribution in [1.29, 1.82) is 0 Å². The lowest BCUT2D eigenvalue weighted by Gasteiger charge is -2.08. The summed E-state index contributed by atoms with van der Waals surface area (Å²) in [6.07, 6.45) is 0. The zero-order chi connectivity index (χ0) is 17.9. The van der Waals surface area contributed by atoms with E-state index in [1.807, 2.05) is 78.9 Å². The maximum Gasteiger partial charge on any atom is 0.224 e. The topological polar surface area (TPSA) is 90.7 Å². The van der Waals surface area contributed by atoms with Crippen LogP contribution in [0.15, 0.2) is 78.9 Å².